The summed E-state index contributed by atoms with van der Waals surface area (Å²) in [5, 5.41) is 20.9. The van der Waals surface area contributed by atoms with Gasteiger partial charge in [-0.2, -0.15) is 5.26 Å². The minimum absolute atomic E-state index is 0.0694. The smallest absolute Gasteiger partial charge is 0.251 e. The second kappa shape index (κ2) is 9.37. The number of nitrogens with zero attached hydrogens (tertiary/aromatic N) is 4. The third-order valence-electron chi connectivity index (χ3n) is 4.11. The number of amides is 1. The number of hydrogen-bond donors (Lipinski definition) is 1. The Kier molecular flexibility index (Phi) is 6.65. The van der Waals surface area contributed by atoms with Gasteiger partial charge in [0.25, 0.3) is 5.91 Å². The summed E-state index contributed by atoms with van der Waals surface area (Å²) in [5.41, 5.74) is 1.54. The molecule has 29 heavy (non-hydrogen) atoms. The maximum absolute atomic E-state index is 12.3. The molecule has 2 aromatic carbocycles. The number of benzene rings is 2. The summed E-state index contributed by atoms with van der Waals surface area (Å²) < 4.78 is 1.73. The van der Waals surface area contributed by atoms with Crippen molar-refractivity contribution in [3.05, 3.63) is 76.1 Å². The molecule has 1 heterocycles. The van der Waals surface area contributed by atoms with Gasteiger partial charge in [-0.05, 0) is 36.4 Å². The van der Waals surface area contributed by atoms with Crippen molar-refractivity contribution in [1.82, 2.24) is 20.1 Å². The van der Waals surface area contributed by atoms with E-state index in [4.69, 9.17) is 16.9 Å². The zero-order chi connectivity index (χ0) is 20.8. The van der Waals surface area contributed by atoms with E-state index in [9.17, 15) is 9.59 Å². The van der Waals surface area contributed by atoms with Gasteiger partial charge in [0.2, 0.25) is 0 Å². The Balaban J connectivity index is 1.56. The van der Waals surface area contributed by atoms with Crippen LogP contribution in [-0.4, -0.2) is 32.2 Å². The number of hydrogen-bond acceptors (Lipinski definition) is 6. The van der Waals surface area contributed by atoms with Crippen molar-refractivity contribution in [2.24, 2.45) is 7.05 Å². The van der Waals surface area contributed by atoms with Gasteiger partial charge >= 0.3 is 0 Å². The molecule has 0 saturated carbocycles. The first kappa shape index (κ1) is 20.6. The molecule has 0 bridgehead atoms. The van der Waals surface area contributed by atoms with Crippen LogP contribution >= 0.6 is 23.4 Å². The van der Waals surface area contributed by atoms with E-state index in [1.807, 2.05) is 6.07 Å². The number of thioether (sulfide) groups is 1. The maximum atomic E-state index is 12.3. The third kappa shape index (κ3) is 5.22. The lowest BCUT2D eigenvalue weighted by atomic mass is 10.1. The van der Waals surface area contributed by atoms with Crippen molar-refractivity contribution < 1.29 is 9.59 Å². The van der Waals surface area contributed by atoms with Crippen LogP contribution in [0.1, 0.15) is 32.1 Å². The molecule has 146 valence electrons. The highest BCUT2D eigenvalue weighted by molar-refractivity contribution is 7.99. The fourth-order valence-electron chi connectivity index (χ4n) is 2.43. The Morgan fingerprint density at radius 1 is 1.10 bits per heavy atom. The van der Waals surface area contributed by atoms with Crippen molar-refractivity contribution >= 4 is 35.1 Å². The molecular formula is C20H16ClN5O2S. The summed E-state index contributed by atoms with van der Waals surface area (Å²) in [6.07, 6.45) is 0. The van der Waals surface area contributed by atoms with Gasteiger partial charge in [0.1, 0.15) is 0 Å². The average Bonchev–Trinajstić information content (AvgIpc) is 3.10. The lowest BCUT2D eigenvalue weighted by Crippen LogP contribution is -2.24. The third-order valence-corrected chi connectivity index (χ3v) is 5.38. The molecule has 0 saturated heterocycles. The van der Waals surface area contributed by atoms with Crippen LogP contribution in [0.15, 0.2) is 53.7 Å². The van der Waals surface area contributed by atoms with Crippen LogP contribution in [0.2, 0.25) is 5.02 Å². The molecule has 9 heteroatoms. The van der Waals surface area contributed by atoms with E-state index >= 15 is 0 Å². The molecule has 3 aromatic rings. The van der Waals surface area contributed by atoms with Crippen LogP contribution in [0.3, 0.4) is 0 Å². The number of Topliss-reactive ketones (excluding diaryl/α,β-unsaturated/α-hetero) is 1. The predicted molar refractivity (Wildman–Crippen MR) is 110 cm³/mol. The summed E-state index contributed by atoms with van der Waals surface area (Å²) >= 11 is 7.09. The first-order chi connectivity index (χ1) is 14.0. The molecule has 7 nitrogen and oxygen atoms in total. The number of halogens is 1. The lowest BCUT2D eigenvalue weighted by Gasteiger charge is -2.06. The largest absolute Gasteiger partial charge is 0.345 e. The van der Waals surface area contributed by atoms with E-state index in [1.54, 1.807) is 60.1 Å². The van der Waals surface area contributed by atoms with Crippen molar-refractivity contribution in [1.29, 1.82) is 5.26 Å². The molecule has 0 aliphatic heterocycles. The number of nitrogens with one attached hydrogen (secondary N) is 1. The van der Waals surface area contributed by atoms with Crippen molar-refractivity contribution in [3.63, 3.8) is 0 Å². The molecule has 0 spiro atoms. The molecule has 0 unspecified atom stereocenters. The molecular weight excluding hydrogens is 410 g/mol. The minimum atomic E-state index is -0.241. The lowest BCUT2D eigenvalue weighted by molar-refractivity contribution is 0.0948. The number of nitriles is 1. The highest BCUT2D eigenvalue weighted by atomic mass is 35.5. The highest BCUT2D eigenvalue weighted by Crippen LogP contribution is 2.18. The van der Waals surface area contributed by atoms with E-state index < -0.39 is 0 Å². The summed E-state index contributed by atoms with van der Waals surface area (Å²) in [6.45, 7) is 0.203. The van der Waals surface area contributed by atoms with Gasteiger partial charge in [-0.1, -0.05) is 35.5 Å². The van der Waals surface area contributed by atoms with E-state index in [0.29, 0.717) is 32.7 Å². The van der Waals surface area contributed by atoms with Crippen LogP contribution in [0.5, 0.6) is 0 Å². The molecule has 0 atom stereocenters. The van der Waals surface area contributed by atoms with E-state index in [0.717, 1.165) is 0 Å². The summed E-state index contributed by atoms with van der Waals surface area (Å²) in [5.74, 6) is 0.449. The van der Waals surface area contributed by atoms with E-state index in [2.05, 4.69) is 15.5 Å². The van der Waals surface area contributed by atoms with E-state index in [1.165, 1.54) is 11.8 Å². The zero-order valence-electron chi connectivity index (χ0n) is 15.4. The average molecular weight is 426 g/mol. The minimum Gasteiger partial charge on any atom is -0.345 e. The number of carbonyl (C=O) groups excluding carboxylic acids is 2. The van der Waals surface area contributed by atoms with Gasteiger partial charge in [-0.15, -0.1) is 10.2 Å². The Morgan fingerprint density at radius 3 is 2.41 bits per heavy atom. The molecule has 0 fully saturated rings. The van der Waals surface area contributed by atoms with Gasteiger partial charge in [-0.3, -0.25) is 9.59 Å². The van der Waals surface area contributed by atoms with Crippen LogP contribution in [0, 0.1) is 11.3 Å². The number of rotatable bonds is 7. The second-order valence-electron chi connectivity index (χ2n) is 6.05. The summed E-state index contributed by atoms with van der Waals surface area (Å²) in [7, 11) is 1.78. The maximum Gasteiger partial charge on any atom is 0.251 e. The van der Waals surface area contributed by atoms with Gasteiger partial charge in [0.05, 0.1) is 23.9 Å². The Bertz CT molecular complexity index is 1070. The van der Waals surface area contributed by atoms with Gasteiger partial charge in [0, 0.05) is 23.2 Å². The molecule has 1 aromatic heterocycles. The van der Waals surface area contributed by atoms with Crippen molar-refractivity contribution in [2.75, 3.05) is 5.75 Å². The Hall–Kier alpha value is -3.15. The zero-order valence-corrected chi connectivity index (χ0v) is 17.0. The fourth-order valence-corrected chi connectivity index (χ4v) is 3.38. The van der Waals surface area contributed by atoms with Gasteiger partial charge < -0.3 is 9.88 Å². The highest BCUT2D eigenvalue weighted by Gasteiger charge is 2.14. The Labute approximate surface area is 176 Å². The fraction of sp³-hybridized carbons (Fsp3) is 0.150. The molecule has 0 aliphatic carbocycles. The van der Waals surface area contributed by atoms with Crippen LogP contribution in [-0.2, 0) is 13.6 Å². The van der Waals surface area contributed by atoms with Crippen LogP contribution < -0.4 is 5.32 Å². The predicted octanol–water partition coefficient (Wildman–Crippen LogP) is 3.25. The number of ketones is 1. The summed E-state index contributed by atoms with van der Waals surface area (Å²) in [6, 6.07) is 15.1. The Morgan fingerprint density at radius 2 is 1.76 bits per heavy atom. The van der Waals surface area contributed by atoms with Crippen molar-refractivity contribution in [2.45, 2.75) is 11.7 Å². The van der Waals surface area contributed by atoms with Crippen molar-refractivity contribution in [3.8, 4) is 6.07 Å². The standard InChI is InChI=1S/C20H16ClN5O2S/c1-26-18(11-23-19(28)15-6-8-16(21)9-7-15)24-25-20(26)29-12-17(27)14-4-2-13(10-22)3-5-14/h2-9H,11-12H2,1H3,(H,23,28). The first-order valence-corrected chi connectivity index (χ1v) is 9.92. The van der Waals surface area contributed by atoms with E-state index in [-0.39, 0.29) is 24.0 Å². The molecule has 0 radical (unpaired) electrons. The van der Waals surface area contributed by atoms with Crippen LogP contribution in [0.4, 0.5) is 0 Å². The van der Waals surface area contributed by atoms with Crippen LogP contribution in [0.25, 0.3) is 0 Å². The molecule has 1 N–H and O–H groups in total. The monoisotopic (exact) mass is 425 g/mol. The second-order valence-corrected chi connectivity index (χ2v) is 7.43. The SMILES string of the molecule is Cn1c(CNC(=O)c2ccc(Cl)cc2)nnc1SCC(=O)c1ccc(C#N)cc1. The normalized spacial score (nSPS) is 10.4. The molecule has 3 rings (SSSR count). The quantitative estimate of drug-likeness (QED) is 0.460. The number of aromatic nitrogens is 3. The summed E-state index contributed by atoms with van der Waals surface area (Å²) in [4.78, 5) is 24.5. The van der Waals surface area contributed by atoms with Gasteiger partial charge in [-0.25, -0.2) is 0 Å². The number of carbonyl (C=O) groups is 2. The molecule has 0 aliphatic rings. The first-order valence-electron chi connectivity index (χ1n) is 8.56. The molecule has 1 amide bonds. The van der Waals surface area contributed by atoms with Gasteiger partial charge in [0.15, 0.2) is 16.8 Å². The topological polar surface area (TPSA) is 101 Å².